The fourth-order valence-electron chi connectivity index (χ4n) is 2.56. The van der Waals surface area contributed by atoms with Gasteiger partial charge < -0.3 is 5.32 Å². The van der Waals surface area contributed by atoms with E-state index in [4.69, 9.17) is 0 Å². The van der Waals surface area contributed by atoms with E-state index in [1.165, 1.54) is 11.3 Å². The van der Waals surface area contributed by atoms with Crippen molar-refractivity contribution in [3.63, 3.8) is 0 Å². The first kappa shape index (κ1) is 16.0. The normalized spacial score (nSPS) is 11.3. The van der Waals surface area contributed by atoms with E-state index in [0.29, 0.717) is 10.7 Å². The van der Waals surface area contributed by atoms with Crippen LogP contribution in [0.5, 0.6) is 0 Å². The van der Waals surface area contributed by atoms with Gasteiger partial charge in [-0.05, 0) is 38.1 Å². The van der Waals surface area contributed by atoms with Crippen molar-refractivity contribution in [2.24, 2.45) is 0 Å². The fraction of sp³-hybridized carbons (Fsp3) is 0.167. The van der Waals surface area contributed by atoms with Crippen molar-refractivity contribution in [3.05, 3.63) is 53.5 Å². The molecule has 4 aromatic rings. The molecule has 3 heterocycles. The predicted molar refractivity (Wildman–Crippen MR) is 103 cm³/mol. The molecule has 1 N–H and O–H groups in total. The number of fused-ring (bicyclic) bond motifs is 1. The van der Waals surface area contributed by atoms with Crippen LogP contribution < -0.4 is 5.32 Å². The molecule has 1 aromatic carbocycles. The third-order valence-corrected chi connectivity index (χ3v) is 6.03. The van der Waals surface area contributed by atoms with Gasteiger partial charge in [-0.1, -0.05) is 12.1 Å². The van der Waals surface area contributed by atoms with E-state index in [1.54, 1.807) is 28.3 Å². The zero-order valence-electron chi connectivity index (χ0n) is 13.8. The van der Waals surface area contributed by atoms with Crippen molar-refractivity contribution in [1.82, 2.24) is 14.8 Å². The number of para-hydroxylation sites is 1. The minimum Gasteiger partial charge on any atom is -0.306 e. The van der Waals surface area contributed by atoms with Crippen LogP contribution in [0, 0.1) is 0 Å². The summed E-state index contributed by atoms with van der Waals surface area (Å²) in [7, 11) is 0. The van der Waals surface area contributed by atoms with Gasteiger partial charge in [-0.3, -0.25) is 4.79 Å². The minimum absolute atomic E-state index is 0.125. The summed E-state index contributed by atoms with van der Waals surface area (Å²) in [6.45, 7) is 4.05. The lowest BCUT2D eigenvalue weighted by Gasteiger charge is -2.11. The highest BCUT2D eigenvalue weighted by Crippen LogP contribution is 2.34. The number of carbonyl (C=O) groups excluding carboxylic acids is 1. The fourth-order valence-corrected chi connectivity index (χ4v) is 4.48. The number of benzene rings is 1. The molecule has 0 atom stereocenters. The van der Waals surface area contributed by atoms with E-state index >= 15 is 0 Å². The smallest absolute Gasteiger partial charge is 0.266 e. The second kappa shape index (κ2) is 6.42. The molecule has 0 aliphatic rings. The Kier molecular flexibility index (Phi) is 4.10. The van der Waals surface area contributed by atoms with Crippen molar-refractivity contribution in [3.8, 4) is 9.88 Å². The molecule has 0 unspecified atom stereocenters. The number of amides is 1. The van der Waals surface area contributed by atoms with Crippen molar-refractivity contribution >= 4 is 44.6 Å². The Bertz CT molecular complexity index is 1010. The van der Waals surface area contributed by atoms with Crippen molar-refractivity contribution in [2.45, 2.75) is 19.9 Å². The maximum atomic E-state index is 12.5. The molecule has 0 aliphatic carbocycles. The highest BCUT2D eigenvalue weighted by molar-refractivity contribution is 7.26. The third kappa shape index (κ3) is 3.08. The Morgan fingerprint density at radius 3 is 2.76 bits per heavy atom. The number of anilines is 1. The zero-order valence-corrected chi connectivity index (χ0v) is 15.4. The predicted octanol–water partition coefficient (Wildman–Crippen LogP) is 5.05. The lowest BCUT2D eigenvalue weighted by atomic mass is 10.3. The van der Waals surface area contributed by atoms with Gasteiger partial charge in [0.2, 0.25) is 0 Å². The summed E-state index contributed by atoms with van der Waals surface area (Å²) in [4.78, 5) is 18.9. The van der Waals surface area contributed by atoms with E-state index in [9.17, 15) is 4.79 Å². The maximum Gasteiger partial charge on any atom is 0.266 e. The molecule has 5 nitrogen and oxygen atoms in total. The Labute approximate surface area is 153 Å². The number of thiazole rings is 1. The molecule has 0 saturated carbocycles. The van der Waals surface area contributed by atoms with Crippen molar-refractivity contribution < 1.29 is 4.79 Å². The van der Waals surface area contributed by atoms with Gasteiger partial charge in [0.05, 0.1) is 26.2 Å². The topological polar surface area (TPSA) is 59.8 Å². The Morgan fingerprint density at radius 1 is 1.12 bits per heavy atom. The minimum atomic E-state index is -0.125. The molecule has 25 heavy (non-hydrogen) atoms. The van der Waals surface area contributed by atoms with Crippen LogP contribution in [0.25, 0.3) is 20.1 Å². The standard InChI is InChI=1S/C18H16N4OS2/c1-11(2)22-16(9-10-19-22)21-17(23)14-7-8-15(24-14)18-20-12-5-3-4-6-13(12)25-18/h3-11H,1-2H3,(H,21,23). The van der Waals surface area contributed by atoms with Gasteiger partial charge in [-0.25, -0.2) is 9.67 Å². The van der Waals surface area contributed by atoms with Crippen LogP contribution in [-0.2, 0) is 0 Å². The van der Waals surface area contributed by atoms with Crippen molar-refractivity contribution in [1.29, 1.82) is 0 Å². The van der Waals surface area contributed by atoms with Crippen LogP contribution in [0.3, 0.4) is 0 Å². The summed E-state index contributed by atoms with van der Waals surface area (Å²) in [5, 5.41) is 8.11. The van der Waals surface area contributed by atoms with E-state index in [2.05, 4.69) is 21.5 Å². The first-order valence-corrected chi connectivity index (χ1v) is 9.56. The highest BCUT2D eigenvalue weighted by Gasteiger charge is 2.15. The second-order valence-corrected chi connectivity index (χ2v) is 7.97. The molecule has 126 valence electrons. The summed E-state index contributed by atoms with van der Waals surface area (Å²) >= 11 is 3.09. The largest absolute Gasteiger partial charge is 0.306 e. The van der Waals surface area contributed by atoms with Gasteiger partial charge >= 0.3 is 0 Å². The quantitative estimate of drug-likeness (QED) is 0.548. The van der Waals surface area contributed by atoms with Gasteiger partial charge in [-0.2, -0.15) is 5.10 Å². The Hall–Kier alpha value is -2.51. The molecule has 0 bridgehead atoms. The highest BCUT2D eigenvalue weighted by atomic mass is 32.1. The molecule has 1 amide bonds. The molecular formula is C18H16N4OS2. The number of rotatable bonds is 4. The molecule has 7 heteroatoms. The number of hydrogen-bond acceptors (Lipinski definition) is 5. The first-order valence-electron chi connectivity index (χ1n) is 7.92. The zero-order chi connectivity index (χ0) is 17.4. The molecule has 0 radical (unpaired) electrons. The number of hydrogen-bond donors (Lipinski definition) is 1. The van der Waals surface area contributed by atoms with Gasteiger partial charge in [0.1, 0.15) is 10.8 Å². The number of carbonyl (C=O) groups is 1. The lowest BCUT2D eigenvalue weighted by molar-refractivity contribution is 0.102. The van der Waals surface area contributed by atoms with Gasteiger partial charge in [0.15, 0.2) is 0 Å². The van der Waals surface area contributed by atoms with Crippen LogP contribution in [0.1, 0.15) is 29.6 Å². The van der Waals surface area contributed by atoms with Crippen LogP contribution in [0.15, 0.2) is 48.7 Å². The summed E-state index contributed by atoms with van der Waals surface area (Å²) in [5.74, 6) is 0.578. The summed E-state index contributed by atoms with van der Waals surface area (Å²) in [5.41, 5.74) is 0.989. The van der Waals surface area contributed by atoms with Gasteiger partial charge in [0, 0.05) is 12.1 Å². The Balaban J connectivity index is 1.58. The molecule has 0 spiro atoms. The summed E-state index contributed by atoms with van der Waals surface area (Å²) in [6, 6.07) is 13.8. The van der Waals surface area contributed by atoms with E-state index < -0.39 is 0 Å². The lowest BCUT2D eigenvalue weighted by Crippen LogP contribution is -2.15. The Morgan fingerprint density at radius 2 is 1.96 bits per heavy atom. The third-order valence-electron chi connectivity index (χ3n) is 3.74. The second-order valence-electron chi connectivity index (χ2n) is 5.86. The van der Waals surface area contributed by atoms with Gasteiger partial charge in [-0.15, -0.1) is 22.7 Å². The molecule has 0 aliphatic heterocycles. The van der Waals surface area contributed by atoms with Crippen LogP contribution >= 0.6 is 22.7 Å². The summed E-state index contributed by atoms with van der Waals surface area (Å²) in [6.07, 6.45) is 1.69. The van der Waals surface area contributed by atoms with E-state index in [0.717, 1.165) is 20.1 Å². The van der Waals surface area contributed by atoms with Gasteiger partial charge in [0.25, 0.3) is 5.91 Å². The van der Waals surface area contributed by atoms with Crippen molar-refractivity contribution in [2.75, 3.05) is 5.32 Å². The number of aromatic nitrogens is 3. The average molecular weight is 368 g/mol. The maximum absolute atomic E-state index is 12.5. The monoisotopic (exact) mass is 368 g/mol. The molecule has 4 rings (SSSR count). The van der Waals surface area contributed by atoms with Crippen LogP contribution in [0.2, 0.25) is 0 Å². The molecule has 0 fully saturated rings. The summed E-state index contributed by atoms with van der Waals surface area (Å²) < 4.78 is 2.94. The molecular weight excluding hydrogens is 352 g/mol. The van der Waals surface area contributed by atoms with E-state index in [-0.39, 0.29) is 11.9 Å². The molecule has 0 saturated heterocycles. The average Bonchev–Trinajstić information content (AvgIpc) is 3.32. The van der Waals surface area contributed by atoms with Crippen LogP contribution in [0.4, 0.5) is 5.82 Å². The molecule has 3 aromatic heterocycles. The number of nitrogens with one attached hydrogen (secondary N) is 1. The first-order chi connectivity index (χ1) is 12.1. The number of nitrogens with zero attached hydrogens (tertiary/aromatic N) is 3. The number of thiophene rings is 1. The van der Waals surface area contributed by atoms with E-state index in [1.807, 2.05) is 44.2 Å². The van der Waals surface area contributed by atoms with Crippen LogP contribution in [-0.4, -0.2) is 20.7 Å². The SMILES string of the molecule is CC(C)n1nccc1NC(=O)c1ccc(-c2nc3ccccc3s2)s1.